The molecule has 1 saturated heterocycles. The fraction of sp³-hybridized carbons (Fsp3) is 0.500. The molecule has 0 radical (unpaired) electrons. The molecule has 8 heteroatoms. The lowest BCUT2D eigenvalue weighted by Crippen LogP contribution is -2.36. The number of ether oxygens (including phenoxy) is 1. The van der Waals surface area contributed by atoms with Gasteiger partial charge in [0.1, 0.15) is 0 Å². The number of benzene rings is 1. The number of hydrogen-bond donors (Lipinski definition) is 1. The van der Waals surface area contributed by atoms with E-state index in [1.54, 1.807) is 4.68 Å². The summed E-state index contributed by atoms with van der Waals surface area (Å²) < 4.78 is 7.19. The molecule has 128 valence electrons. The average molecular weight is 347 g/mol. The zero-order valence-corrected chi connectivity index (χ0v) is 14.6. The Morgan fingerprint density at radius 2 is 2.33 bits per heavy atom. The summed E-state index contributed by atoms with van der Waals surface area (Å²) in [6.45, 7) is 5.21. The maximum absolute atomic E-state index is 12.3. The summed E-state index contributed by atoms with van der Waals surface area (Å²) in [4.78, 5) is 12.3. The topological polar surface area (TPSA) is 81.9 Å². The second-order valence-electron chi connectivity index (χ2n) is 5.80. The number of nitrogens with one attached hydrogen (secondary N) is 1. The lowest BCUT2D eigenvalue weighted by atomic mass is 10.2. The minimum absolute atomic E-state index is 0.0326. The lowest BCUT2D eigenvalue weighted by Gasteiger charge is -2.14. The molecule has 1 aromatic carbocycles. The van der Waals surface area contributed by atoms with Gasteiger partial charge in [-0.2, -0.15) is 4.68 Å². The third kappa shape index (κ3) is 3.93. The zero-order valence-electron chi connectivity index (χ0n) is 13.8. The number of aromatic nitrogens is 4. The highest BCUT2D eigenvalue weighted by Crippen LogP contribution is 2.24. The van der Waals surface area contributed by atoms with Crippen LogP contribution in [0.15, 0.2) is 29.4 Å². The Morgan fingerprint density at radius 3 is 3.08 bits per heavy atom. The first-order chi connectivity index (χ1) is 11.6. The van der Waals surface area contributed by atoms with Crippen LogP contribution in [0.5, 0.6) is 0 Å². The van der Waals surface area contributed by atoms with Crippen LogP contribution in [-0.2, 0) is 9.53 Å². The van der Waals surface area contributed by atoms with Crippen LogP contribution in [0.2, 0.25) is 0 Å². The molecular weight excluding hydrogens is 326 g/mol. The molecule has 1 amide bonds. The number of para-hydroxylation sites is 1. The van der Waals surface area contributed by atoms with Crippen LogP contribution in [0.25, 0.3) is 5.69 Å². The second-order valence-corrected chi connectivity index (χ2v) is 7.11. The molecule has 7 nitrogen and oxygen atoms in total. The van der Waals surface area contributed by atoms with Crippen molar-refractivity contribution in [3.8, 4) is 5.69 Å². The number of thioether (sulfide) groups is 1. The smallest absolute Gasteiger partial charge is 0.233 e. The van der Waals surface area contributed by atoms with Crippen molar-refractivity contribution in [1.29, 1.82) is 0 Å². The molecule has 0 aliphatic carbocycles. The van der Waals surface area contributed by atoms with Crippen molar-refractivity contribution in [2.24, 2.45) is 0 Å². The van der Waals surface area contributed by atoms with E-state index in [1.807, 2.05) is 38.1 Å². The number of carbonyl (C=O) groups excluding carboxylic acids is 1. The highest BCUT2D eigenvalue weighted by atomic mass is 32.2. The summed E-state index contributed by atoms with van der Waals surface area (Å²) in [5.74, 6) is -0.0326. The lowest BCUT2D eigenvalue weighted by molar-refractivity contribution is -0.120. The van der Waals surface area contributed by atoms with E-state index in [0.717, 1.165) is 30.7 Å². The SMILES string of the molecule is Cc1ccccc1-n1nnnc1S[C@H](C)C(=O)NC[C@H]1CCCO1. The van der Waals surface area contributed by atoms with E-state index in [2.05, 4.69) is 20.8 Å². The first-order valence-corrected chi connectivity index (χ1v) is 8.93. The number of aryl methyl sites for hydroxylation is 1. The Bertz CT molecular complexity index is 699. The van der Waals surface area contributed by atoms with Crippen molar-refractivity contribution in [3.63, 3.8) is 0 Å². The van der Waals surface area contributed by atoms with Gasteiger partial charge in [-0.1, -0.05) is 30.0 Å². The maximum atomic E-state index is 12.3. The van der Waals surface area contributed by atoms with Gasteiger partial charge in [-0.05, 0) is 48.7 Å². The number of carbonyl (C=O) groups is 1. The number of tetrazole rings is 1. The van der Waals surface area contributed by atoms with E-state index < -0.39 is 0 Å². The molecular formula is C16H21N5O2S. The molecule has 0 bridgehead atoms. The molecule has 1 aromatic heterocycles. The molecule has 0 unspecified atom stereocenters. The summed E-state index contributed by atoms with van der Waals surface area (Å²) in [5, 5.41) is 15.1. The third-order valence-electron chi connectivity index (χ3n) is 3.96. The Kier molecular flexibility index (Phi) is 5.47. The van der Waals surface area contributed by atoms with E-state index in [0.29, 0.717) is 11.7 Å². The van der Waals surface area contributed by atoms with Crippen LogP contribution in [-0.4, -0.2) is 50.6 Å². The molecule has 0 saturated carbocycles. The molecule has 1 aliphatic rings. The van der Waals surface area contributed by atoms with Crippen molar-refractivity contribution in [1.82, 2.24) is 25.5 Å². The van der Waals surface area contributed by atoms with Gasteiger partial charge in [0.25, 0.3) is 0 Å². The van der Waals surface area contributed by atoms with Crippen molar-refractivity contribution in [2.75, 3.05) is 13.2 Å². The van der Waals surface area contributed by atoms with Gasteiger partial charge in [-0.3, -0.25) is 4.79 Å². The highest BCUT2D eigenvalue weighted by Gasteiger charge is 2.22. The maximum Gasteiger partial charge on any atom is 0.233 e. The molecule has 24 heavy (non-hydrogen) atoms. The van der Waals surface area contributed by atoms with Crippen LogP contribution >= 0.6 is 11.8 Å². The van der Waals surface area contributed by atoms with Gasteiger partial charge in [0, 0.05) is 13.2 Å². The van der Waals surface area contributed by atoms with Crippen LogP contribution in [0, 0.1) is 6.92 Å². The van der Waals surface area contributed by atoms with E-state index in [-0.39, 0.29) is 17.3 Å². The molecule has 2 heterocycles. The average Bonchev–Trinajstić information content (AvgIpc) is 3.25. The molecule has 2 aromatic rings. The number of amides is 1. The molecule has 1 fully saturated rings. The first kappa shape index (κ1) is 16.9. The van der Waals surface area contributed by atoms with E-state index in [1.165, 1.54) is 11.8 Å². The van der Waals surface area contributed by atoms with Gasteiger partial charge in [-0.15, -0.1) is 5.10 Å². The third-order valence-corrected chi connectivity index (χ3v) is 5.00. The Balaban J connectivity index is 1.62. The monoisotopic (exact) mass is 347 g/mol. The van der Waals surface area contributed by atoms with Crippen LogP contribution in [0.4, 0.5) is 0 Å². The summed E-state index contributed by atoms with van der Waals surface area (Å²) in [6, 6.07) is 7.87. The highest BCUT2D eigenvalue weighted by molar-refractivity contribution is 8.00. The number of nitrogens with zero attached hydrogens (tertiary/aromatic N) is 4. The largest absolute Gasteiger partial charge is 0.376 e. The second kappa shape index (κ2) is 7.76. The Morgan fingerprint density at radius 1 is 1.50 bits per heavy atom. The van der Waals surface area contributed by atoms with E-state index in [4.69, 9.17) is 4.74 Å². The van der Waals surface area contributed by atoms with Crippen molar-refractivity contribution in [3.05, 3.63) is 29.8 Å². The van der Waals surface area contributed by atoms with Gasteiger partial charge >= 0.3 is 0 Å². The van der Waals surface area contributed by atoms with Gasteiger partial charge in [0.2, 0.25) is 11.1 Å². The van der Waals surface area contributed by atoms with Gasteiger partial charge < -0.3 is 10.1 Å². The van der Waals surface area contributed by atoms with E-state index in [9.17, 15) is 4.79 Å². The molecule has 1 aliphatic heterocycles. The zero-order chi connectivity index (χ0) is 16.9. The normalized spacial score (nSPS) is 18.5. The fourth-order valence-electron chi connectivity index (χ4n) is 2.58. The van der Waals surface area contributed by atoms with Crippen LogP contribution in [0.1, 0.15) is 25.3 Å². The van der Waals surface area contributed by atoms with Crippen LogP contribution in [0.3, 0.4) is 0 Å². The summed E-state index contributed by atoms with van der Waals surface area (Å²) >= 11 is 1.34. The predicted octanol–water partition coefficient (Wildman–Crippen LogP) is 1.75. The number of hydrogen-bond acceptors (Lipinski definition) is 6. The molecule has 0 spiro atoms. The van der Waals surface area contributed by atoms with Crippen molar-refractivity contribution in [2.45, 2.75) is 43.2 Å². The minimum atomic E-state index is -0.292. The predicted molar refractivity (Wildman–Crippen MR) is 91.2 cm³/mol. The first-order valence-electron chi connectivity index (χ1n) is 8.05. The summed E-state index contributed by atoms with van der Waals surface area (Å²) in [6.07, 6.45) is 2.21. The van der Waals surface area contributed by atoms with Crippen molar-refractivity contribution < 1.29 is 9.53 Å². The Labute approximate surface area is 145 Å². The standard InChI is InChI=1S/C16H21N5O2S/c1-11-6-3-4-8-14(11)21-16(18-19-20-21)24-12(2)15(22)17-10-13-7-5-9-23-13/h3-4,6,8,12-13H,5,7,9-10H2,1-2H3,(H,17,22)/t12-,13-/m1/s1. The molecule has 3 rings (SSSR count). The molecule has 1 N–H and O–H groups in total. The Hall–Kier alpha value is -1.93. The quantitative estimate of drug-likeness (QED) is 0.802. The summed E-state index contributed by atoms with van der Waals surface area (Å²) in [5.41, 5.74) is 1.99. The van der Waals surface area contributed by atoms with Crippen molar-refractivity contribution >= 4 is 17.7 Å². The van der Waals surface area contributed by atoms with Crippen LogP contribution < -0.4 is 5.32 Å². The van der Waals surface area contributed by atoms with Gasteiger partial charge in [0.15, 0.2) is 0 Å². The summed E-state index contributed by atoms with van der Waals surface area (Å²) in [7, 11) is 0. The van der Waals surface area contributed by atoms with E-state index >= 15 is 0 Å². The number of rotatable bonds is 6. The van der Waals surface area contributed by atoms with Gasteiger partial charge in [0.05, 0.1) is 17.0 Å². The van der Waals surface area contributed by atoms with Gasteiger partial charge in [-0.25, -0.2) is 0 Å². The fourth-order valence-corrected chi connectivity index (χ4v) is 3.40. The minimum Gasteiger partial charge on any atom is -0.376 e. The molecule has 2 atom stereocenters.